The molecule has 12 heteroatoms. The summed E-state index contributed by atoms with van der Waals surface area (Å²) in [4.78, 5) is 41.8. The van der Waals surface area contributed by atoms with Crippen LogP contribution in [0.2, 0.25) is 0 Å². The van der Waals surface area contributed by atoms with E-state index in [4.69, 9.17) is 20.9 Å². The van der Waals surface area contributed by atoms with Crippen LogP contribution in [-0.4, -0.2) is 83.0 Å². The summed E-state index contributed by atoms with van der Waals surface area (Å²) in [7, 11) is 1.27. The molecule has 5 N–H and O–H groups in total. The fourth-order valence-corrected chi connectivity index (χ4v) is 6.16. The van der Waals surface area contributed by atoms with E-state index in [0.717, 1.165) is 32.1 Å². The van der Waals surface area contributed by atoms with Gasteiger partial charge in [-0.2, -0.15) is 0 Å². The number of methoxy groups -OCH3 is 1. The second-order valence-electron chi connectivity index (χ2n) is 12.7. The van der Waals surface area contributed by atoms with E-state index in [1.54, 1.807) is 9.80 Å². The zero-order valence-electron chi connectivity index (χ0n) is 23.4. The van der Waals surface area contributed by atoms with Crippen molar-refractivity contribution in [2.75, 3.05) is 13.7 Å². The van der Waals surface area contributed by atoms with E-state index in [1.807, 2.05) is 34.6 Å². The number of nitrogens with two attached hydrogens (primary N) is 2. The van der Waals surface area contributed by atoms with Crippen LogP contribution in [0.4, 0.5) is 9.59 Å². The number of hydrogen-bond donors (Lipinski definition) is 3. The highest BCUT2D eigenvalue weighted by molar-refractivity contribution is 5.95. The number of carbonyl (C=O) groups excluding carboxylic acids is 3. The van der Waals surface area contributed by atoms with Gasteiger partial charge in [-0.25, -0.2) is 9.59 Å². The number of hydrogen-bond acceptors (Lipinski definition) is 7. The molecule has 2 heterocycles. The summed E-state index contributed by atoms with van der Waals surface area (Å²) in [5.74, 6) is 0.233. The average molecular weight is 534 g/mol. The van der Waals surface area contributed by atoms with Crippen molar-refractivity contribution in [2.24, 2.45) is 38.9 Å². The van der Waals surface area contributed by atoms with E-state index in [9.17, 15) is 14.4 Å². The van der Waals surface area contributed by atoms with Crippen molar-refractivity contribution in [1.29, 1.82) is 0 Å². The minimum atomic E-state index is -0.753. The van der Waals surface area contributed by atoms with Gasteiger partial charge in [-0.15, -0.1) is 10.2 Å². The molecule has 4 rings (SSSR count). The summed E-state index contributed by atoms with van der Waals surface area (Å²) in [6.45, 7) is 9.79. The summed E-state index contributed by atoms with van der Waals surface area (Å²) in [6.07, 6.45) is 4.39. The van der Waals surface area contributed by atoms with Gasteiger partial charge in [0.1, 0.15) is 23.3 Å². The van der Waals surface area contributed by atoms with Crippen molar-refractivity contribution in [3.8, 4) is 0 Å². The molecule has 4 fully saturated rings. The third-order valence-electron chi connectivity index (χ3n) is 8.25. The molecule has 2 bridgehead atoms. The second kappa shape index (κ2) is 10.3. The Morgan fingerprint density at radius 3 is 2.32 bits per heavy atom. The van der Waals surface area contributed by atoms with E-state index < -0.39 is 35.9 Å². The minimum Gasteiger partial charge on any atom is -0.453 e. The number of carbonyl (C=O) groups is 3. The lowest BCUT2D eigenvalue weighted by atomic mass is 9.98. The number of likely N-dealkylation sites (tertiary alicyclic amines) is 2. The van der Waals surface area contributed by atoms with E-state index in [1.165, 1.54) is 7.11 Å². The number of fused-ring (bicyclic) bond motifs is 2. The third-order valence-corrected chi connectivity index (χ3v) is 8.25. The van der Waals surface area contributed by atoms with E-state index in [-0.39, 0.29) is 40.9 Å². The molecular weight excluding hydrogens is 490 g/mol. The molecule has 38 heavy (non-hydrogen) atoms. The molecule has 2 saturated heterocycles. The van der Waals surface area contributed by atoms with Gasteiger partial charge in [-0.1, -0.05) is 13.8 Å². The number of ether oxygens (including phenoxy) is 2. The Kier molecular flexibility index (Phi) is 7.55. The highest BCUT2D eigenvalue weighted by Crippen LogP contribution is 2.55. The maximum atomic E-state index is 13.6. The second-order valence-corrected chi connectivity index (χ2v) is 12.7. The normalized spacial score (nSPS) is 29.1. The van der Waals surface area contributed by atoms with Crippen LogP contribution in [0.25, 0.3) is 0 Å². The van der Waals surface area contributed by atoms with E-state index >= 15 is 0 Å². The first kappa shape index (κ1) is 28.0. The SMILES string of the molecule is COC(=O)N[C@H](C(=O)N1CC2(CC2)C[C@H]1/C(N)=N/N=C(\N)[C@@H]1C2CCC(C2)N1C(=O)OC(C)(C)C)C(C)C. The van der Waals surface area contributed by atoms with Crippen molar-refractivity contribution in [3.63, 3.8) is 0 Å². The number of nitrogens with zero attached hydrogens (tertiary/aromatic N) is 4. The quantitative estimate of drug-likeness (QED) is 0.267. The monoisotopic (exact) mass is 533 g/mol. The molecule has 2 unspecified atom stereocenters. The summed E-state index contributed by atoms with van der Waals surface area (Å²) in [5.41, 5.74) is 12.3. The Labute approximate surface area is 224 Å². The first-order valence-electron chi connectivity index (χ1n) is 13.6. The van der Waals surface area contributed by atoms with Crippen LogP contribution in [0.15, 0.2) is 10.2 Å². The molecule has 3 amide bonds. The highest BCUT2D eigenvalue weighted by Gasteiger charge is 2.55. The van der Waals surface area contributed by atoms with Crippen LogP contribution in [0.5, 0.6) is 0 Å². The molecule has 2 aliphatic heterocycles. The summed E-state index contributed by atoms with van der Waals surface area (Å²) in [6, 6.07) is -1.53. The van der Waals surface area contributed by atoms with Gasteiger partial charge >= 0.3 is 12.2 Å². The van der Waals surface area contributed by atoms with E-state index in [2.05, 4.69) is 15.5 Å². The number of amides is 3. The number of alkyl carbamates (subject to hydrolysis) is 1. The van der Waals surface area contributed by atoms with Crippen LogP contribution in [0, 0.1) is 17.3 Å². The van der Waals surface area contributed by atoms with Gasteiger partial charge in [0.2, 0.25) is 5.91 Å². The van der Waals surface area contributed by atoms with Crippen molar-refractivity contribution in [3.05, 3.63) is 0 Å². The number of rotatable bonds is 6. The van der Waals surface area contributed by atoms with Crippen molar-refractivity contribution in [2.45, 2.75) is 103 Å². The van der Waals surface area contributed by atoms with Gasteiger partial charge in [0, 0.05) is 12.6 Å². The first-order chi connectivity index (χ1) is 17.7. The predicted molar refractivity (Wildman–Crippen MR) is 142 cm³/mol. The lowest BCUT2D eigenvalue weighted by Crippen LogP contribution is -2.54. The first-order valence-corrected chi connectivity index (χ1v) is 13.6. The zero-order valence-corrected chi connectivity index (χ0v) is 23.4. The lowest BCUT2D eigenvalue weighted by molar-refractivity contribution is -0.134. The third kappa shape index (κ3) is 5.68. The van der Waals surface area contributed by atoms with Crippen LogP contribution in [0.3, 0.4) is 0 Å². The highest BCUT2D eigenvalue weighted by atomic mass is 16.6. The molecule has 2 saturated carbocycles. The molecule has 0 radical (unpaired) electrons. The van der Waals surface area contributed by atoms with Crippen molar-refractivity contribution in [1.82, 2.24) is 15.1 Å². The topological polar surface area (TPSA) is 165 Å². The Morgan fingerprint density at radius 1 is 1.08 bits per heavy atom. The van der Waals surface area contributed by atoms with Crippen LogP contribution >= 0.6 is 0 Å². The van der Waals surface area contributed by atoms with Crippen LogP contribution in [-0.2, 0) is 14.3 Å². The molecule has 12 nitrogen and oxygen atoms in total. The van der Waals surface area contributed by atoms with Gasteiger partial charge in [0.25, 0.3) is 0 Å². The van der Waals surface area contributed by atoms with Gasteiger partial charge in [-0.3, -0.25) is 9.69 Å². The van der Waals surface area contributed by atoms with Crippen molar-refractivity contribution >= 4 is 29.8 Å². The maximum absolute atomic E-state index is 13.6. The van der Waals surface area contributed by atoms with E-state index in [0.29, 0.717) is 13.0 Å². The van der Waals surface area contributed by atoms with Gasteiger partial charge in [0.15, 0.2) is 0 Å². The summed E-state index contributed by atoms with van der Waals surface area (Å²) in [5, 5.41) is 11.2. The molecule has 1 spiro atoms. The van der Waals surface area contributed by atoms with Gasteiger partial charge in [0.05, 0.1) is 19.2 Å². The Balaban J connectivity index is 1.53. The molecule has 4 aliphatic rings. The fraction of sp³-hybridized carbons (Fsp3) is 0.808. The molecule has 2 aliphatic carbocycles. The summed E-state index contributed by atoms with van der Waals surface area (Å²) >= 11 is 0. The smallest absolute Gasteiger partial charge is 0.411 e. The zero-order chi connectivity index (χ0) is 28.0. The van der Waals surface area contributed by atoms with Crippen LogP contribution < -0.4 is 16.8 Å². The minimum absolute atomic E-state index is 0.0284. The molecule has 5 atom stereocenters. The predicted octanol–water partition coefficient (Wildman–Crippen LogP) is 2.17. The Morgan fingerprint density at radius 2 is 1.74 bits per heavy atom. The Hall–Kier alpha value is -3.05. The molecule has 212 valence electrons. The maximum Gasteiger partial charge on any atom is 0.411 e. The molecule has 0 aromatic heterocycles. The Bertz CT molecular complexity index is 1020. The standard InChI is InChI=1S/C26H43N7O5/c1-14(2)18(29-23(35)37-6)22(34)32-13-26(9-10-26)12-17(32)20(27)30-31-21(28)19-15-7-8-16(11-15)33(19)24(36)38-25(3,4)5/h14-19H,7-13H2,1-6H3,(H2,27,30)(H2,28,31)(H,29,35)/t15?,16?,17-,18-,19-/m0/s1. The number of piperidine rings is 1. The average Bonchev–Trinajstić information content (AvgIpc) is 3.16. The largest absolute Gasteiger partial charge is 0.453 e. The number of nitrogens with one attached hydrogen (secondary N) is 1. The fourth-order valence-electron chi connectivity index (χ4n) is 6.16. The number of amidine groups is 2. The van der Waals surface area contributed by atoms with Crippen LogP contribution in [0.1, 0.15) is 73.1 Å². The van der Waals surface area contributed by atoms with Gasteiger partial charge in [-0.05, 0) is 76.5 Å². The molecule has 0 aromatic rings. The van der Waals surface area contributed by atoms with Gasteiger partial charge < -0.3 is 31.2 Å². The summed E-state index contributed by atoms with van der Waals surface area (Å²) < 4.78 is 10.4. The van der Waals surface area contributed by atoms with Crippen molar-refractivity contribution < 1.29 is 23.9 Å². The molecular formula is C26H43N7O5. The lowest BCUT2D eigenvalue weighted by Gasteiger charge is -2.35. The molecule has 0 aromatic carbocycles.